The van der Waals surface area contributed by atoms with Crippen molar-refractivity contribution >= 4 is 11.6 Å². The summed E-state index contributed by atoms with van der Waals surface area (Å²) in [6.45, 7) is 3.55. The zero-order valence-electron chi connectivity index (χ0n) is 14.1. The Kier molecular flexibility index (Phi) is 5.01. The Bertz CT molecular complexity index is 713. The second-order valence-electron chi connectivity index (χ2n) is 6.10. The van der Waals surface area contributed by atoms with E-state index < -0.39 is 0 Å². The molecule has 1 amide bonds. The lowest BCUT2D eigenvalue weighted by Crippen LogP contribution is -3.08. The largest absolute Gasteiger partial charge is 0.454 e. The van der Waals surface area contributed by atoms with Crippen LogP contribution in [0.4, 0.5) is 5.69 Å². The number of anilines is 1. The van der Waals surface area contributed by atoms with Crippen molar-refractivity contribution in [2.45, 2.75) is 19.9 Å². The van der Waals surface area contributed by atoms with Crippen LogP contribution >= 0.6 is 0 Å². The predicted molar refractivity (Wildman–Crippen MR) is 92.5 cm³/mol. The molecule has 126 valence electrons. The molecule has 0 spiro atoms. The summed E-state index contributed by atoms with van der Waals surface area (Å²) in [5.74, 6) is 1.57. The molecule has 0 fully saturated rings. The van der Waals surface area contributed by atoms with Gasteiger partial charge < -0.3 is 19.7 Å². The Morgan fingerprint density at radius 2 is 1.79 bits per heavy atom. The molecule has 2 N–H and O–H groups in total. The van der Waals surface area contributed by atoms with Crippen molar-refractivity contribution in [3.05, 3.63) is 53.6 Å². The first kappa shape index (κ1) is 16.3. The van der Waals surface area contributed by atoms with Gasteiger partial charge in [-0.1, -0.05) is 19.1 Å². The van der Waals surface area contributed by atoms with Gasteiger partial charge in [-0.15, -0.1) is 0 Å². The van der Waals surface area contributed by atoms with Gasteiger partial charge in [-0.2, -0.15) is 0 Å². The second-order valence-corrected chi connectivity index (χ2v) is 6.10. The zero-order valence-corrected chi connectivity index (χ0v) is 14.1. The van der Waals surface area contributed by atoms with Crippen LogP contribution in [0, 0.1) is 0 Å². The van der Waals surface area contributed by atoms with E-state index in [1.54, 1.807) is 0 Å². The van der Waals surface area contributed by atoms with Crippen molar-refractivity contribution < 1.29 is 19.2 Å². The minimum Gasteiger partial charge on any atom is -0.454 e. The highest BCUT2D eigenvalue weighted by molar-refractivity contribution is 5.91. The van der Waals surface area contributed by atoms with E-state index in [9.17, 15) is 4.79 Å². The lowest BCUT2D eigenvalue weighted by atomic mass is 10.1. The van der Waals surface area contributed by atoms with Gasteiger partial charge in [-0.25, -0.2) is 0 Å². The summed E-state index contributed by atoms with van der Waals surface area (Å²) >= 11 is 0. The highest BCUT2D eigenvalue weighted by atomic mass is 16.7. The maximum Gasteiger partial charge on any atom is 0.279 e. The molecular formula is C19H23N2O3+. The molecule has 5 heteroatoms. The van der Waals surface area contributed by atoms with E-state index in [4.69, 9.17) is 9.47 Å². The van der Waals surface area contributed by atoms with Crippen LogP contribution in [0.2, 0.25) is 0 Å². The van der Waals surface area contributed by atoms with E-state index in [1.165, 1.54) is 5.56 Å². The Morgan fingerprint density at radius 3 is 2.54 bits per heavy atom. The molecule has 5 nitrogen and oxygen atoms in total. The normalized spacial score (nSPS) is 13.6. The maximum absolute atomic E-state index is 12.2. The van der Waals surface area contributed by atoms with E-state index in [1.807, 2.05) is 49.5 Å². The van der Waals surface area contributed by atoms with E-state index in [0.717, 1.165) is 40.6 Å². The predicted octanol–water partition coefficient (Wildman–Crippen LogP) is 1.63. The third kappa shape index (κ3) is 4.06. The fourth-order valence-corrected chi connectivity index (χ4v) is 2.76. The number of nitrogens with one attached hydrogen (secondary N) is 2. The van der Waals surface area contributed by atoms with Crippen LogP contribution < -0.4 is 19.7 Å². The molecule has 1 atom stereocenters. The number of aryl methyl sites for hydroxylation is 1. The first-order valence-electron chi connectivity index (χ1n) is 8.22. The molecule has 1 aliphatic rings. The first-order valence-corrected chi connectivity index (χ1v) is 8.22. The summed E-state index contributed by atoms with van der Waals surface area (Å²) in [4.78, 5) is 13.3. The fraction of sp³-hybridized carbons (Fsp3) is 0.316. The minimum atomic E-state index is 0.0116. The van der Waals surface area contributed by atoms with E-state index in [2.05, 4.69) is 12.2 Å². The van der Waals surface area contributed by atoms with Crippen molar-refractivity contribution in [3.63, 3.8) is 0 Å². The van der Waals surface area contributed by atoms with Gasteiger partial charge >= 0.3 is 0 Å². The summed E-state index contributed by atoms with van der Waals surface area (Å²) in [5.41, 5.74) is 3.23. The topological polar surface area (TPSA) is 52.0 Å². The van der Waals surface area contributed by atoms with E-state index in [-0.39, 0.29) is 12.7 Å². The Labute approximate surface area is 142 Å². The van der Waals surface area contributed by atoms with Crippen molar-refractivity contribution in [2.24, 2.45) is 0 Å². The molecule has 2 aromatic carbocycles. The van der Waals surface area contributed by atoms with E-state index >= 15 is 0 Å². The second kappa shape index (κ2) is 7.36. The monoisotopic (exact) mass is 327 g/mol. The van der Waals surface area contributed by atoms with Gasteiger partial charge in [0.25, 0.3) is 5.91 Å². The van der Waals surface area contributed by atoms with Crippen molar-refractivity contribution in [1.82, 2.24) is 0 Å². The maximum atomic E-state index is 12.2. The molecule has 1 unspecified atom stereocenters. The Morgan fingerprint density at radius 1 is 1.08 bits per heavy atom. The number of rotatable bonds is 6. The van der Waals surface area contributed by atoms with Crippen LogP contribution in [0.25, 0.3) is 0 Å². The third-order valence-electron chi connectivity index (χ3n) is 4.05. The molecule has 0 saturated heterocycles. The molecule has 3 rings (SSSR count). The molecule has 0 aromatic heterocycles. The minimum absolute atomic E-state index is 0.0116. The van der Waals surface area contributed by atoms with E-state index in [0.29, 0.717) is 6.54 Å². The number of benzene rings is 2. The Hall–Kier alpha value is -2.53. The zero-order chi connectivity index (χ0) is 16.9. The van der Waals surface area contributed by atoms with Gasteiger partial charge in [0.15, 0.2) is 18.0 Å². The summed E-state index contributed by atoms with van der Waals surface area (Å²) in [7, 11) is 2.00. The van der Waals surface area contributed by atoms with Crippen LogP contribution in [-0.4, -0.2) is 26.3 Å². The summed E-state index contributed by atoms with van der Waals surface area (Å²) in [6.07, 6.45) is 0.997. The molecule has 24 heavy (non-hydrogen) atoms. The van der Waals surface area contributed by atoms with Crippen molar-refractivity contribution in [1.29, 1.82) is 0 Å². The molecule has 1 aliphatic heterocycles. The lowest BCUT2D eigenvalue weighted by molar-refractivity contribution is -0.885. The number of likely N-dealkylation sites (N-methyl/N-ethyl adjacent to an activating group) is 1. The number of amides is 1. The fourth-order valence-electron chi connectivity index (χ4n) is 2.76. The average Bonchev–Trinajstić information content (AvgIpc) is 3.03. The SMILES string of the molecule is CCc1ccc(NC(=O)C[NH+](C)Cc2ccc3c(c2)OCO3)cc1. The Balaban J connectivity index is 1.52. The number of carbonyl (C=O) groups excluding carboxylic acids is 1. The number of hydrogen-bond acceptors (Lipinski definition) is 3. The highest BCUT2D eigenvalue weighted by Crippen LogP contribution is 2.32. The number of fused-ring (bicyclic) bond motifs is 1. The molecule has 0 bridgehead atoms. The number of ether oxygens (including phenoxy) is 2. The summed E-state index contributed by atoms with van der Waals surface area (Å²) in [5, 5.41) is 2.95. The number of hydrogen-bond donors (Lipinski definition) is 2. The number of carbonyl (C=O) groups is 1. The lowest BCUT2D eigenvalue weighted by Gasteiger charge is -2.14. The molecule has 0 aliphatic carbocycles. The molecule has 1 heterocycles. The third-order valence-corrected chi connectivity index (χ3v) is 4.05. The van der Waals surface area contributed by atoms with Crippen LogP contribution in [0.1, 0.15) is 18.1 Å². The highest BCUT2D eigenvalue weighted by Gasteiger charge is 2.16. The summed E-state index contributed by atoms with van der Waals surface area (Å²) in [6, 6.07) is 13.9. The quantitative estimate of drug-likeness (QED) is 0.848. The van der Waals surface area contributed by atoms with Gasteiger partial charge in [0.05, 0.1) is 7.05 Å². The van der Waals surface area contributed by atoms with Crippen LogP contribution in [0.15, 0.2) is 42.5 Å². The van der Waals surface area contributed by atoms with Gasteiger partial charge in [0.1, 0.15) is 6.54 Å². The first-order chi connectivity index (χ1) is 11.6. The van der Waals surface area contributed by atoms with Gasteiger partial charge in [-0.3, -0.25) is 4.79 Å². The summed E-state index contributed by atoms with van der Waals surface area (Å²) < 4.78 is 10.7. The molecule has 0 saturated carbocycles. The van der Waals surface area contributed by atoms with Gasteiger partial charge in [-0.05, 0) is 42.3 Å². The van der Waals surface area contributed by atoms with Gasteiger partial charge in [0.2, 0.25) is 6.79 Å². The van der Waals surface area contributed by atoms with Crippen LogP contribution in [0.3, 0.4) is 0 Å². The standard InChI is InChI=1S/C19H22N2O3/c1-3-14-4-7-16(8-5-14)20-19(22)12-21(2)11-15-6-9-17-18(10-15)24-13-23-17/h4-10H,3,11-13H2,1-2H3,(H,20,22)/p+1. The van der Waals surface area contributed by atoms with Crippen molar-refractivity contribution in [3.8, 4) is 11.5 Å². The molecule has 2 aromatic rings. The smallest absolute Gasteiger partial charge is 0.279 e. The van der Waals surface area contributed by atoms with Crippen molar-refractivity contribution in [2.75, 3.05) is 25.7 Å². The number of quaternary nitrogens is 1. The van der Waals surface area contributed by atoms with Crippen LogP contribution in [0.5, 0.6) is 11.5 Å². The van der Waals surface area contributed by atoms with Gasteiger partial charge in [0, 0.05) is 11.3 Å². The molecular weight excluding hydrogens is 304 g/mol. The van der Waals surface area contributed by atoms with Crippen LogP contribution in [-0.2, 0) is 17.8 Å². The average molecular weight is 327 g/mol. The molecule has 0 radical (unpaired) electrons.